The first-order chi connectivity index (χ1) is 7.17. The van der Waals surface area contributed by atoms with Gasteiger partial charge < -0.3 is 10.1 Å². The number of likely N-dealkylation sites (N-methyl/N-ethyl adjacent to an activating group) is 1. The maximum atomic E-state index is 5.80. The van der Waals surface area contributed by atoms with E-state index in [2.05, 4.69) is 38.2 Å². The molecule has 2 nitrogen and oxygen atoms in total. The molecule has 2 atom stereocenters. The van der Waals surface area contributed by atoms with E-state index >= 15 is 0 Å². The highest BCUT2D eigenvalue weighted by atomic mass is 16.5. The van der Waals surface area contributed by atoms with Gasteiger partial charge in [0.1, 0.15) is 11.9 Å². The number of benzene rings is 1. The quantitative estimate of drug-likeness (QED) is 0.801. The molecule has 0 radical (unpaired) electrons. The van der Waals surface area contributed by atoms with E-state index < -0.39 is 0 Å². The summed E-state index contributed by atoms with van der Waals surface area (Å²) in [6.45, 7) is 6.35. The lowest BCUT2D eigenvalue weighted by atomic mass is 10.1. The molecule has 0 heterocycles. The Balaban J connectivity index is 2.57. The monoisotopic (exact) mass is 207 g/mol. The molecule has 0 bridgehead atoms. The molecule has 1 aromatic carbocycles. The van der Waals surface area contributed by atoms with Crippen LogP contribution in [0.1, 0.15) is 26.3 Å². The molecule has 15 heavy (non-hydrogen) atoms. The minimum Gasteiger partial charge on any atom is -0.489 e. The minimum absolute atomic E-state index is 0.183. The van der Waals surface area contributed by atoms with Crippen LogP contribution in [0.25, 0.3) is 0 Å². The lowest BCUT2D eigenvalue weighted by Crippen LogP contribution is -2.36. The van der Waals surface area contributed by atoms with Gasteiger partial charge in [-0.3, -0.25) is 0 Å². The molecule has 0 aliphatic heterocycles. The average Bonchev–Trinajstić information content (AvgIpc) is 2.29. The van der Waals surface area contributed by atoms with E-state index in [1.807, 2.05) is 19.2 Å². The van der Waals surface area contributed by atoms with Crippen molar-refractivity contribution in [3.63, 3.8) is 0 Å². The van der Waals surface area contributed by atoms with Crippen molar-refractivity contribution in [1.29, 1.82) is 0 Å². The highest BCUT2D eigenvalue weighted by Crippen LogP contribution is 2.15. The Hall–Kier alpha value is -1.02. The van der Waals surface area contributed by atoms with E-state index in [1.165, 1.54) is 5.56 Å². The van der Waals surface area contributed by atoms with Crippen LogP contribution in [0, 0.1) is 0 Å². The summed E-state index contributed by atoms with van der Waals surface area (Å²) in [6, 6.07) is 8.67. The Bertz CT molecular complexity index is 281. The summed E-state index contributed by atoms with van der Waals surface area (Å²) >= 11 is 0. The predicted octanol–water partition coefficient (Wildman–Crippen LogP) is 2.62. The first-order valence-corrected chi connectivity index (χ1v) is 5.60. The lowest BCUT2D eigenvalue weighted by molar-refractivity contribution is 0.182. The summed E-state index contributed by atoms with van der Waals surface area (Å²) in [6.07, 6.45) is 1.26. The van der Waals surface area contributed by atoms with Gasteiger partial charge >= 0.3 is 0 Å². The predicted molar refractivity (Wildman–Crippen MR) is 64.4 cm³/mol. The van der Waals surface area contributed by atoms with Gasteiger partial charge in [-0.05, 0) is 45.0 Å². The molecule has 0 spiro atoms. The van der Waals surface area contributed by atoms with Gasteiger partial charge in [0, 0.05) is 6.04 Å². The largest absolute Gasteiger partial charge is 0.489 e. The van der Waals surface area contributed by atoms with Crippen molar-refractivity contribution in [3.05, 3.63) is 29.8 Å². The van der Waals surface area contributed by atoms with Crippen LogP contribution >= 0.6 is 0 Å². The van der Waals surface area contributed by atoms with Gasteiger partial charge in [0.15, 0.2) is 0 Å². The Morgan fingerprint density at radius 3 is 2.27 bits per heavy atom. The molecule has 0 amide bonds. The van der Waals surface area contributed by atoms with Gasteiger partial charge in [-0.1, -0.05) is 19.1 Å². The second kappa shape index (κ2) is 5.76. The third-order valence-electron chi connectivity index (χ3n) is 2.81. The fourth-order valence-corrected chi connectivity index (χ4v) is 1.36. The van der Waals surface area contributed by atoms with Gasteiger partial charge in [0.2, 0.25) is 0 Å². The van der Waals surface area contributed by atoms with Crippen LogP contribution in [0.2, 0.25) is 0 Å². The van der Waals surface area contributed by atoms with Crippen LogP contribution in [-0.4, -0.2) is 19.2 Å². The van der Waals surface area contributed by atoms with E-state index in [4.69, 9.17) is 4.74 Å². The summed E-state index contributed by atoms with van der Waals surface area (Å²) in [5.74, 6) is 0.946. The first-order valence-electron chi connectivity index (χ1n) is 5.60. The molecule has 1 N–H and O–H groups in total. The molecular formula is C13H21NO. The zero-order valence-corrected chi connectivity index (χ0v) is 10.1. The standard InChI is InChI=1S/C13H21NO/c1-5-12-6-8-13(9-7-12)15-11(3)10(2)14-4/h6-11,14H,5H2,1-4H3. The molecule has 1 rings (SSSR count). The number of rotatable bonds is 5. The maximum absolute atomic E-state index is 5.80. The van der Waals surface area contributed by atoms with E-state index in [0.717, 1.165) is 12.2 Å². The molecule has 84 valence electrons. The third kappa shape index (κ3) is 3.56. The van der Waals surface area contributed by atoms with Crippen LogP contribution in [0.5, 0.6) is 5.75 Å². The van der Waals surface area contributed by atoms with E-state index in [0.29, 0.717) is 6.04 Å². The third-order valence-corrected chi connectivity index (χ3v) is 2.81. The molecule has 0 aliphatic rings. The number of hydrogen-bond donors (Lipinski definition) is 1. The zero-order valence-electron chi connectivity index (χ0n) is 10.1. The lowest BCUT2D eigenvalue weighted by Gasteiger charge is -2.21. The number of hydrogen-bond acceptors (Lipinski definition) is 2. The van der Waals surface area contributed by atoms with Crippen LogP contribution in [0.3, 0.4) is 0 Å². The second-order valence-electron chi connectivity index (χ2n) is 3.90. The van der Waals surface area contributed by atoms with Crippen LogP contribution in [0.15, 0.2) is 24.3 Å². The Labute approximate surface area is 92.6 Å². The van der Waals surface area contributed by atoms with Crippen molar-refractivity contribution in [1.82, 2.24) is 5.32 Å². The highest BCUT2D eigenvalue weighted by Gasteiger charge is 2.10. The van der Waals surface area contributed by atoms with Crippen LogP contribution in [-0.2, 0) is 6.42 Å². The highest BCUT2D eigenvalue weighted by molar-refractivity contribution is 5.27. The Morgan fingerprint density at radius 1 is 1.20 bits per heavy atom. The maximum Gasteiger partial charge on any atom is 0.119 e. The van der Waals surface area contributed by atoms with Crippen molar-refractivity contribution >= 4 is 0 Å². The van der Waals surface area contributed by atoms with Crippen molar-refractivity contribution in [2.45, 2.75) is 39.3 Å². The van der Waals surface area contributed by atoms with Gasteiger partial charge in [-0.25, -0.2) is 0 Å². The SMILES string of the molecule is CCc1ccc(OC(C)C(C)NC)cc1. The average molecular weight is 207 g/mol. The molecule has 1 aromatic rings. The summed E-state index contributed by atoms with van der Waals surface area (Å²) in [5.41, 5.74) is 1.34. The normalized spacial score (nSPS) is 14.7. The number of aryl methyl sites for hydroxylation is 1. The molecule has 0 aromatic heterocycles. The van der Waals surface area contributed by atoms with E-state index in [-0.39, 0.29) is 6.10 Å². The second-order valence-corrected chi connectivity index (χ2v) is 3.90. The summed E-state index contributed by atoms with van der Waals surface area (Å²) < 4.78 is 5.80. The summed E-state index contributed by atoms with van der Waals surface area (Å²) in [7, 11) is 1.95. The van der Waals surface area contributed by atoms with Gasteiger partial charge in [-0.15, -0.1) is 0 Å². The van der Waals surface area contributed by atoms with Crippen molar-refractivity contribution in [3.8, 4) is 5.75 Å². The molecule has 0 fully saturated rings. The van der Waals surface area contributed by atoms with Gasteiger partial charge in [-0.2, -0.15) is 0 Å². The van der Waals surface area contributed by atoms with E-state index in [9.17, 15) is 0 Å². The van der Waals surface area contributed by atoms with E-state index in [1.54, 1.807) is 0 Å². The van der Waals surface area contributed by atoms with Crippen LogP contribution in [0.4, 0.5) is 0 Å². The summed E-state index contributed by atoms with van der Waals surface area (Å²) in [4.78, 5) is 0. The van der Waals surface area contributed by atoms with Crippen molar-refractivity contribution in [2.75, 3.05) is 7.05 Å². The molecule has 2 heteroatoms. The minimum atomic E-state index is 0.183. The van der Waals surface area contributed by atoms with Crippen LogP contribution < -0.4 is 10.1 Å². The first kappa shape index (κ1) is 12.1. The smallest absolute Gasteiger partial charge is 0.119 e. The molecular weight excluding hydrogens is 186 g/mol. The summed E-state index contributed by atoms with van der Waals surface area (Å²) in [5, 5.41) is 3.18. The molecule has 0 saturated carbocycles. The number of nitrogens with one attached hydrogen (secondary N) is 1. The van der Waals surface area contributed by atoms with Gasteiger partial charge in [0.05, 0.1) is 0 Å². The van der Waals surface area contributed by atoms with Crippen molar-refractivity contribution < 1.29 is 4.74 Å². The fraction of sp³-hybridized carbons (Fsp3) is 0.538. The Kier molecular flexibility index (Phi) is 4.63. The zero-order chi connectivity index (χ0) is 11.3. The molecule has 2 unspecified atom stereocenters. The fourth-order valence-electron chi connectivity index (χ4n) is 1.36. The molecule has 0 aliphatic carbocycles. The number of ether oxygens (including phenoxy) is 1. The Morgan fingerprint density at radius 2 is 1.80 bits per heavy atom. The van der Waals surface area contributed by atoms with Gasteiger partial charge in [0.25, 0.3) is 0 Å². The molecule has 0 saturated heterocycles. The topological polar surface area (TPSA) is 21.3 Å². The van der Waals surface area contributed by atoms with Crippen molar-refractivity contribution in [2.24, 2.45) is 0 Å².